The van der Waals surface area contributed by atoms with E-state index in [0.717, 1.165) is 24.0 Å². The Labute approximate surface area is 112 Å². The van der Waals surface area contributed by atoms with Gasteiger partial charge >= 0.3 is 0 Å². The Balaban J connectivity index is 2.14. The summed E-state index contributed by atoms with van der Waals surface area (Å²) in [5, 5.41) is 10.8. The molecule has 0 fully saturated rings. The quantitative estimate of drug-likeness (QED) is 0.603. The number of hydrogen-bond donors (Lipinski definition) is 0. The minimum atomic E-state index is -0.275. The van der Waals surface area contributed by atoms with Crippen LogP contribution in [0.2, 0.25) is 0 Å². The second-order valence-electron chi connectivity index (χ2n) is 4.95. The van der Waals surface area contributed by atoms with E-state index in [0.29, 0.717) is 12.8 Å². The predicted molar refractivity (Wildman–Crippen MR) is 72.6 cm³/mol. The standard InChI is InChI=1S/C15H17NO3/c17-15-8-4-5-12(10-15)9-14(11-16(18)19)13-6-2-1-3-7-13/h1-3,6-7,10,14H,4-5,8-9,11H2/t14-/m1/s1. The lowest BCUT2D eigenvalue weighted by Crippen LogP contribution is -2.15. The summed E-state index contributed by atoms with van der Waals surface area (Å²) in [6.45, 7) is -0.0878. The fourth-order valence-electron chi connectivity index (χ4n) is 2.53. The fraction of sp³-hybridized carbons (Fsp3) is 0.400. The SMILES string of the molecule is O=C1C=C(C[C@H](C[N+](=O)[O-])c2ccccc2)CCC1. The third-order valence-electron chi connectivity index (χ3n) is 3.44. The zero-order chi connectivity index (χ0) is 13.7. The van der Waals surface area contributed by atoms with Gasteiger partial charge in [0.25, 0.3) is 0 Å². The van der Waals surface area contributed by atoms with Crippen LogP contribution in [0.4, 0.5) is 0 Å². The molecule has 0 unspecified atom stereocenters. The van der Waals surface area contributed by atoms with Crippen LogP contribution in [-0.4, -0.2) is 17.3 Å². The number of nitro groups is 1. The van der Waals surface area contributed by atoms with Crippen LogP contribution in [0, 0.1) is 10.1 Å². The molecule has 0 saturated carbocycles. The number of rotatable bonds is 5. The predicted octanol–water partition coefficient (Wildman–Crippen LogP) is 3.12. The summed E-state index contributed by atoms with van der Waals surface area (Å²) in [7, 11) is 0. The lowest BCUT2D eigenvalue weighted by molar-refractivity contribution is -0.483. The minimum absolute atomic E-state index is 0.0878. The molecule has 0 aromatic heterocycles. The molecule has 4 heteroatoms. The lowest BCUT2D eigenvalue weighted by atomic mass is 9.87. The summed E-state index contributed by atoms with van der Waals surface area (Å²) < 4.78 is 0. The van der Waals surface area contributed by atoms with Gasteiger partial charge < -0.3 is 0 Å². The van der Waals surface area contributed by atoms with Crippen molar-refractivity contribution in [2.45, 2.75) is 31.6 Å². The highest BCUT2D eigenvalue weighted by Gasteiger charge is 2.21. The van der Waals surface area contributed by atoms with Crippen molar-refractivity contribution in [1.29, 1.82) is 0 Å². The van der Waals surface area contributed by atoms with Gasteiger partial charge in [0.2, 0.25) is 6.54 Å². The topological polar surface area (TPSA) is 60.2 Å². The maximum atomic E-state index is 11.4. The van der Waals surface area contributed by atoms with Gasteiger partial charge in [0, 0.05) is 11.3 Å². The second-order valence-corrected chi connectivity index (χ2v) is 4.95. The molecule has 0 saturated heterocycles. The van der Waals surface area contributed by atoms with Gasteiger partial charge in [-0.2, -0.15) is 0 Å². The highest BCUT2D eigenvalue weighted by Crippen LogP contribution is 2.28. The lowest BCUT2D eigenvalue weighted by Gasteiger charge is -2.17. The molecule has 4 nitrogen and oxygen atoms in total. The normalized spacial score (nSPS) is 16.8. The highest BCUT2D eigenvalue weighted by molar-refractivity contribution is 5.91. The van der Waals surface area contributed by atoms with Crippen molar-refractivity contribution >= 4 is 5.78 Å². The number of ketones is 1. The molecule has 0 radical (unpaired) electrons. The summed E-state index contributed by atoms with van der Waals surface area (Å²) in [6.07, 6.45) is 4.64. The van der Waals surface area contributed by atoms with E-state index in [-0.39, 0.29) is 23.2 Å². The van der Waals surface area contributed by atoms with Crippen LogP contribution in [-0.2, 0) is 4.79 Å². The molecule has 1 atom stereocenters. The maximum absolute atomic E-state index is 11.4. The Hall–Kier alpha value is -1.97. The van der Waals surface area contributed by atoms with E-state index in [9.17, 15) is 14.9 Å². The molecule has 0 aliphatic heterocycles. The smallest absolute Gasteiger partial charge is 0.210 e. The van der Waals surface area contributed by atoms with Crippen molar-refractivity contribution in [2.24, 2.45) is 0 Å². The maximum Gasteiger partial charge on any atom is 0.210 e. The summed E-state index contributed by atoms with van der Waals surface area (Å²) in [5.41, 5.74) is 2.02. The molecule has 1 aromatic carbocycles. The van der Waals surface area contributed by atoms with E-state index in [1.807, 2.05) is 30.3 Å². The van der Waals surface area contributed by atoms with Crippen molar-refractivity contribution < 1.29 is 9.72 Å². The average molecular weight is 259 g/mol. The number of nitrogens with zero attached hydrogens (tertiary/aromatic N) is 1. The van der Waals surface area contributed by atoms with Crippen molar-refractivity contribution in [2.75, 3.05) is 6.54 Å². The zero-order valence-corrected chi connectivity index (χ0v) is 10.7. The summed E-state index contributed by atoms with van der Waals surface area (Å²) in [5.74, 6) is 0.00233. The monoisotopic (exact) mass is 259 g/mol. The highest BCUT2D eigenvalue weighted by atomic mass is 16.6. The van der Waals surface area contributed by atoms with Gasteiger partial charge in [0.15, 0.2) is 5.78 Å². The number of carbonyl (C=O) groups excluding carboxylic acids is 1. The number of allylic oxidation sites excluding steroid dienone is 2. The summed E-state index contributed by atoms with van der Waals surface area (Å²) >= 11 is 0. The van der Waals surface area contributed by atoms with Crippen LogP contribution < -0.4 is 0 Å². The molecular formula is C15H17NO3. The van der Waals surface area contributed by atoms with E-state index in [1.54, 1.807) is 6.08 Å². The van der Waals surface area contributed by atoms with E-state index in [1.165, 1.54) is 0 Å². The minimum Gasteiger partial charge on any atom is -0.295 e. The van der Waals surface area contributed by atoms with Gasteiger partial charge in [-0.1, -0.05) is 35.9 Å². The summed E-state index contributed by atoms with van der Waals surface area (Å²) in [6, 6.07) is 9.51. The first-order valence-corrected chi connectivity index (χ1v) is 6.54. The van der Waals surface area contributed by atoms with Crippen LogP contribution in [0.15, 0.2) is 42.0 Å². The summed E-state index contributed by atoms with van der Waals surface area (Å²) in [4.78, 5) is 21.9. The van der Waals surface area contributed by atoms with Crippen LogP contribution in [0.1, 0.15) is 37.2 Å². The molecule has 100 valence electrons. The second kappa shape index (κ2) is 6.27. The molecule has 0 bridgehead atoms. The first-order valence-electron chi connectivity index (χ1n) is 6.54. The fourth-order valence-corrected chi connectivity index (χ4v) is 2.53. The molecule has 0 heterocycles. The molecule has 0 spiro atoms. The van der Waals surface area contributed by atoms with Gasteiger partial charge in [0.1, 0.15) is 0 Å². The third kappa shape index (κ3) is 4.02. The van der Waals surface area contributed by atoms with Crippen molar-refractivity contribution in [3.05, 3.63) is 57.7 Å². The van der Waals surface area contributed by atoms with Crippen molar-refractivity contribution in [3.63, 3.8) is 0 Å². The molecule has 2 rings (SSSR count). The Morgan fingerprint density at radius 2 is 1.95 bits per heavy atom. The van der Waals surface area contributed by atoms with E-state index in [2.05, 4.69) is 0 Å². The van der Waals surface area contributed by atoms with Crippen LogP contribution in [0.25, 0.3) is 0 Å². The number of carbonyl (C=O) groups is 1. The van der Waals surface area contributed by atoms with E-state index >= 15 is 0 Å². The molecular weight excluding hydrogens is 242 g/mol. The Bertz CT molecular complexity index is 493. The largest absolute Gasteiger partial charge is 0.295 e. The molecule has 1 aromatic rings. The van der Waals surface area contributed by atoms with Crippen LogP contribution in [0.3, 0.4) is 0 Å². The Morgan fingerprint density at radius 3 is 2.58 bits per heavy atom. The first-order chi connectivity index (χ1) is 9.15. The molecule has 19 heavy (non-hydrogen) atoms. The van der Waals surface area contributed by atoms with Gasteiger partial charge in [-0.15, -0.1) is 0 Å². The molecule has 0 amide bonds. The van der Waals surface area contributed by atoms with Crippen molar-refractivity contribution in [3.8, 4) is 0 Å². The van der Waals surface area contributed by atoms with E-state index < -0.39 is 0 Å². The molecule has 1 aliphatic rings. The first kappa shape index (κ1) is 13.5. The Morgan fingerprint density at radius 1 is 1.21 bits per heavy atom. The number of benzene rings is 1. The number of hydrogen-bond acceptors (Lipinski definition) is 3. The van der Waals surface area contributed by atoms with Gasteiger partial charge in [0.05, 0.1) is 5.92 Å². The van der Waals surface area contributed by atoms with E-state index in [4.69, 9.17) is 0 Å². The zero-order valence-electron chi connectivity index (χ0n) is 10.7. The van der Waals surface area contributed by atoms with Crippen molar-refractivity contribution in [1.82, 2.24) is 0 Å². The molecule has 1 aliphatic carbocycles. The molecule has 0 N–H and O–H groups in total. The van der Waals surface area contributed by atoms with Gasteiger partial charge in [-0.3, -0.25) is 14.9 Å². The average Bonchev–Trinajstić information content (AvgIpc) is 2.38. The van der Waals surface area contributed by atoms with Gasteiger partial charge in [-0.05, 0) is 30.9 Å². The van der Waals surface area contributed by atoms with Gasteiger partial charge in [-0.25, -0.2) is 0 Å². The van der Waals surface area contributed by atoms with Crippen LogP contribution >= 0.6 is 0 Å². The third-order valence-corrected chi connectivity index (χ3v) is 3.44. The Kier molecular flexibility index (Phi) is 4.44. The van der Waals surface area contributed by atoms with Crippen LogP contribution in [0.5, 0.6) is 0 Å².